The molecule has 114 valence electrons. The third-order valence-corrected chi connectivity index (χ3v) is 4.06. The Balaban J connectivity index is 2.27. The van der Waals surface area contributed by atoms with Gasteiger partial charge in [0.2, 0.25) is 0 Å². The zero-order valence-electron chi connectivity index (χ0n) is 11.4. The highest BCUT2D eigenvalue weighted by Gasteiger charge is 2.30. The maximum atomic E-state index is 12.5. The van der Waals surface area contributed by atoms with Crippen LogP contribution in [0.1, 0.15) is 17.3 Å². The Morgan fingerprint density at radius 1 is 1.57 bits per heavy atom. The summed E-state index contributed by atoms with van der Waals surface area (Å²) in [7, 11) is 0. The highest BCUT2D eigenvalue weighted by atomic mass is 79.9. The Morgan fingerprint density at radius 2 is 2.29 bits per heavy atom. The molecular weight excluding hydrogens is 344 g/mol. The average molecular weight is 359 g/mol. The van der Waals surface area contributed by atoms with Crippen molar-refractivity contribution in [2.75, 3.05) is 19.7 Å². The molecule has 1 fully saturated rings. The van der Waals surface area contributed by atoms with Crippen LogP contribution in [-0.4, -0.2) is 52.7 Å². The van der Waals surface area contributed by atoms with Crippen molar-refractivity contribution in [3.8, 4) is 0 Å². The van der Waals surface area contributed by atoms with Gasteiger partial charge in [-0.3, -0.25) is 14.9 Å². The summed E-state index contributed by atoms with van der Waals surface area (Å²) in [6.07, 6.45) is -0.632. The zero-order valence-corrected chi connectivity index (χ0v) is 12.9. The largest absolute Gasteiger partial charge is 0.394 e. The molecular formula is C13H15BrN2O5. The molecule has 0 aliphatic carbocycles. The van der Waals surface area contributed by atoms with E-state index in [2.05, 4.69) is 15.9 Å². The predicted octanol–water partition coefficient (Wildman–Crippen LogP) is 1.58. The molecule has 0 saturated carbocycles. The number of hydrogen-bond acceptors (Lipinski definition) is 5. The molecule has 0 bridgehead atoms. The van der Waals surface area contributed by atoms with Crippen molar-refractivity contribution in [3.63, 3.8) is 0 Å². The van der Waals surface area contributed by atoms with Gasteiger partial charge in [-0.15, -0.1) is 0 Å². The Hall–Kier alpha value is -1.51. The van der Waals surface area contributed by atoms with E-state index in [1.54, 1.807) is 4.90 Å². The lowest BCUT2D eigenvalue weighted by Gasteiger charge is -2.36. The monoisotopic (exact) mass is 358 g/mol. The molecule has 1 aromatic carbocycles. The Bertz CT molecular complexity index is 565. The van der Waals surface area contributed by atoms with Crippen molar-refractivity contribution in [1.82, 2.24) is 4.90 Å². The van der Waals surface area contributed by atoms with Gasteiger partial charge in [-0.2, -0.15) is 0 Å². The number of amides is 1. The van der Waals surface area contributed by atoms with Gasteiger partial charge in [0.05, 0.1) is 29.3 Å². The summed E-state index contributed by atoms with van der Waals surface area (Å²) in [5, 5.41) is 20.1. The van der Waals surface area contributed by atoms with Crippen LogP contribution < -0.4 is 0 Å². The molecule has 1 N–H and O–H groups in total. The van der Waals surface area contributed by atoms with Gasteiger partial charge in [0.25, 0.3) is 11.6 Å². The van der Waals surface area contributed by atoms with Crippen LogP contribution in [0, 0.1) is 10.1 Å². The Labute approximate surface area is 129 Å². The fraction of sp³-hybridized carbons (Fsp3) is 0.462. The smallest absolute Gasteiger partial charge is 0.284 e. The number of benzene rings is 1. The molecule has 1 aliphatic heterocycles. The summed E-state index contributed by atoms with van der Waals surface area (Å²) in [6, 6.07) is 4.34. The molecule has 0 aromatic heterocycles. The van der Waals surface area contributed by atoms with E-state index in [1.165, 1.54) is 18.2 Å². The number of aliphatic hydroxyl groups excluding tert-OH is 1. The lowest BCUT2D eigenvalue weighted by Crippen LogP contribution is -2.50. The summed E-state index contributed by atoms with van der Waals surface area (Å²) in [4.78, 5) is 24.5. The van der Waals surface area contributed by atoms with E-state index in [9.17, 15) is 20.0 Å². The normalized spacial score (nSPS) is 22.1. The third-order valence-electron chi connectivity index (χ3n) is 3.22. The van der Waals surface area contributed by atoms with Gasteiger partial charge in [0, 0.05) is 19.2 Å². The fourth-order valence-corrected chi connectivity index (χ4v) is 2.89. The first-order chi connectivity index (χ1) is 9.93. The minimum atomic E-state index is -0.542. The minimum absolute atomic E-state index is 0.152. The van der Waals surface area contributed by atoms with E-state index in [0.29, 0.717) is 6.54 Å². The predicted molar refractivity (Wildman–Crippen MR) is 78.1 cm³/mol. The number of nitro groups is 1. The summed E-state index contributed by atoms with van der Waals surface area (Å²) in [5.41, 5.74) is 0.0795. The molecule has 2 atom stereocenters. The number of halogens is 1. The summed E-state index contributed by atoms with van der Waals surface area (Å²) in [5.74, 6) is -0.320. The molecule has 21 heavy (non-hydrogen) atoms. The van der Waals surface area contributed by atoms with E-state index in [4.69, 9.17) is 4.74 Å². The molecule has 7 nitrogen and oxygen atoms in total. The van der Waals surface area contributed by atoms with Gasteiger partial charge in [0.1, 0.15) is 4.47 Å². The molecule has 1 aromatic rings. The van der Waals surface area contributed by atoms with E-state index in [-0.39, 0.29) is 40.9 Å². The van der Waals surface area contributed by atoms with Crippen LogP contribution in [-0.2, 0) is 4.74 Å². The van der Waals surface area contributed by atoms with Gasteiger partial charge >= 0.3 is 0 Å². The number of morpholine rings is 1. The van der Waals surface area contributed by atoms with Crippen molar-refractivity contribution in [2.24, 2.45) is 0 Å². The second kappa shape index (κ2) is 6.50. The SMILES string of the molecule is CC1CN(C(=O)c2cccc([N+](=O)[O-])c2Br)CC(CO)O1. The van der Waals surface area contributed by atoms with Gasteiger partial charge in [-0.05, 0) is 28.9 Å². The number of ether oxygens (including phenoxy) is 1. The molecule has 2 rings (SSSR count). The summed E-state index contributed by atoms with van der Waals surface area (Å²) in [6.45, 7) is 2.27. The number of nitrogens with zero attached hydrogens (tertiary/aromatic N) is 2. The molecule has 1 amide bonds. The zero-order chi connectivity index (χ0) is 15.6. The molecule has 1 heterocycles. The van der Waals surface area contributed by atoms with Crippen LogP contribution in [0.15, 0.2) is 22.7 Å². The topological polar surface area (TPSA) is 92.9 Å². The van der Waals surface area contributed by atoms with Crippen LogP contribution in [0.4, 0.5) is 5.69 Å². The van der Waals surface area contributed by atoms with Crippen LogP contribution in [0.2, 0.25) is 0 Å². The number of carbonyl (C=O) groups excluding carboxylic acids is 1. The highest BCUT2D eigenvalue weighted by Crippen LogP contribution is 2.29. The maximum Gasteiger partial charge on any atom is 0.284 e. The Morgan fingerprint density at radius 3 is 2.90 bits per heavy atom. The van der Waals surface area contributed by atoms with E-state index >= 15 is 0 Å². The highest BCUT2D eigenvalue weighted by molar-refractivity contribution is 9.10. The molecule has 0 radical (unpaired) electrons. The summed E-state index contributed by atoms with van der Waals surface area (Å²) >= 11 is 3.13. The number of rotatable bonds is 3. The van der Waals surface area contributed by atoms with Crippen molar-refractivity contribution in [2.45, 2.75) is 19.1 Å². The second-order valence-corrected chi connectivity index (χ2v) is 5.65. The van der Waals surface area contributed by atoms with E-state index in [0.717, 1.165) is 0 Å². The van der Waals surface area contributed by atoms with Crippen molar-refractivity contribution >= 4 is 27.5 Å². The van der Waals surface area contributed by atoms with Crippen LogP contribution in [0.3, 0.4) is 0 Å². The number of aliphatic hydroxyl groups is 1. The molecule has 2 unspecified atom stereocenters. The molecule has 1 aliphatic rings. The van der Waals surface area contributed by atoms with E-state index in [1.807, 2.05) is 6.92 Å². The number of nitro benzene ring substituents is 1. The first-order valence-corrected chi connectivity index (χ1v) is 7.21. The van der Waals surface area contributed by atoms with Crippen LogP contribution in [0.5, 0.6) is 0 Å². The fourth-order valence-electron chi connectivity index (χ4n) is 2.31. The van der Waals surface area contributed by atoms with Crippen molar-refractivity contribution in [1.29, 1.82) is 0 Å². The van der Waals surface area contributed by atoms with Crippen molar-refractivity contribution in [3.05, 3.63) is 38.3 Å². The van der Waals surface area contributed by atoms with E-state index < -0.39 is 11.0 Å². The van der Waals surface area contributed by atoms with Crippen molar-refractivity contribution < 1.29 is 19.6 Å². The van der Waals surface area contributed by atoms with Crippen LogP contribution >= 0.6 is 15.9 Å². The number of hydrogen-bond donors (Lipinski definition) is 1. The van der Waals surface area contributed by atoms with Gasteiger partial charge in [-0.25, -0.2) is 0 Å². The molecule has 1 saturated heterocycles. The Kier molecular flexibility index (Phi) is 4.92. The van der Waals surface area contributed by atoms with Gasteiger partial charge < -0.3 is 14.7 Å². The second-order valence-electron chi connectivity index (χ2n) is 4.86. The average Bonchev–Trinajstić information content (AvgIpc) is 2.45. The lowest BCUT2D eigenvalue weighted by atomic mass is 10.1. The van der Waals surface area contributed by atoms with Gasteiger partial charge in [-0.1, -0.05) is 6.07 Å². The minimum Gasteiger partial charge on any atom is -0.394 e. The van der Waals surface area contributed by atoms with Crippen LogP contribution in [0.25, 0.3) is 0 Å². The standard InChI is InChI=1S/C13H15BrN2O5/c1-8-5-15(6-9(7-17)21-8)13(18)10-3-2-4-11(12(10)14)16(19)20/h2-4,8-9,17H,5-7H2,1H3. The maximum absolute atomic E-state index is 12.5. The molecule has 8 heteroatoms. The summed E-state index contributed by atoms with van der Waals surface area (Å²) < 4.78 is 5.65. The quantitative estimate of drug-likeness (QED) is 0.653. The first kappa shape index (κ1) is 15.9. The number of carbonyl (C=O) groups is 1. The lowest BCUT2D eigenvalue weighted by molar-refractivity contribution is -0.385. The first-order valence-electron chi connectivity index (χ1n) is 6.42. The molecule has 0 spiro atoms. The third kappa shape index (κ3) is 3.39. The van der Waals surface area contributed by atoms with Gasteiger partial charge in [0.15, 0.2) is 0 Å².